The van der Waals surface area contributed by atoms with Gasteiger partial charge in [-0.25, -0.2) is 9.37 Å². The van der Waals surface area contributed by atoms with Gasteiger partial charge in [0, 0.05) is 35.7 Å². The van der Waals surface area contributed by atoms with Crippen molar-refractivity contribution in [3.63, 3.8) is 0 Å². The van der Waals surface area contributed by atoms with Crippen LogP contribution in [0.5, 0.6) is 0 Å². The van der Waals surface area contributed by atoms with Gasteiger partial charge in [-0.05, 0) is 57.3 Å². The minimum absolute atomic E-state index is 0.187. The smallest absolute Gasteiger partial charge is 0.131 e. The number of aryl methyl sites for hydroxylation is 1. The van der Waals surface area contributed by atoms with Gasteiger partial charge in [0.05, 0.1) is 41.3 Å². The highest BCUT2D eigenvalue weighted by Gasteiger charge is 2.22. The van der Waals surface area contributed by atoms with Crippen molar-refractivity contribution in [1.82, 2.24) is 25.1 Å². The number of rotatable bonds is 7. The van der Waals surface area contributed by atoms with Gasteiger partial charge < -0.3 is 15.1 Å². The highest BCUT2D eigenvalue weighted by atomic mass is 19.1. The van der Waals surface area contributed by atoms with Gasteiger partial charge in [0.15, 0.2) is 0 Å². The van der Waals surface area contributed by atoms with E-state index in [0.29, 0.717) is 33.7 Å². The van der Waals surface area contributed by atoms with Gasteiger partial charge in [-0.15, -0.1) is 0 Å². The number of aromatic nitrogens is 4. The Labute approximate surface area is 191 Å². The fourth-order valence-electron chi connectivity index (χ4n) is 3.66. The molecule has 0 aliphatic rings. The minimum Gasteiger partial charge on any atom is -0.389 e. The highest BCUT2D eigenvalue weighted by Crippen LogP contribution is 2.32. The molecule has 33 heavy (non-hydrogen) atoms. The molecule has 1 unspecified atom stereocenters. The van der Waals surface area contributed by atoms with Crippen molar-refractivity contribution in [2.24, 2.45) is 7.05 Å². The summed E-state index contributed by atoms with van der Waals surface area (Å²) in [5, 5.41) is 27.6. The van der Waals surface area contributed by atoms with Crippen LogP contribution in [0.15, 0.2) is 55.0 Å². The summed E-state index contributed by atoms with van der Waals surface area (Å²) in [4.78, 5) is 11.0. The maximum absolute atomic E-state index is 14.5. The summed E-state index contributed by atoms with van der Waals surface area (Å²) in [5.74, 6) is -0.489. The van der Waals surface area contributed by atoms with Crippen molar-refractivity contribution < 1.29 is 14.6 Å². The maximum Gasteiger partial charge on any atom is 0.131 e. The van der Waals surface area contributed by atoms with Crippen molar-refractivity contribution in [1.29, 1.82) is 0 Å². The Bertz CT molecular complexity index is 1280. The van der Waals surface area contributed by atoms with E-state index in [4.69, 9.17) is 4.98 Å². The zero-order valence-electron chi connectivity index (χ0n) is 19.0. The summed E-state index contributed by atoms with van der Waals surface area (Å²) in [6.07, 6.45) is 4.27. The third kappa shape index (κ3) is 5.16. The van der Waals surface area contributed by atoms with E-state index in [1.54, 1.807) is 48.9 Å². The van der Waals surface area contributed by atoms with E-state index < -0.39 is 17.6 Å². The highest BCUT2D eigenvalue weighted by molar-refractivity contribution is 5.82. The summed E-state index contributed by atoms with van der Waals surface area (Å²) in [5.41, 5.74) is 3.41. The normalized spacial score (nSPS) is 12.8. The Morgan fingerprint density at radius 3 is 2.58 bits per heavy atom. The molecule has 172 valence electrons. The van der Waals surface area contributed by atoms with Crippen molar-refractivity contribution in [3.8, 4) is 11.3 Å². The van der Waals surface area contributed by atoms with Crippen LogP contribution in [-0.2, 0) is 7.05 Å². The van der Waals surface area contributed by atoms with Crippen LogP contribution in [-0.4, -0.2) is 49.2 Å². The molecular weight excluding hydrogens is 423 g/mol. The summed E-state index contributed by atoms with van der Waals surface area (Å²) >= 11 is 0. The second-order valence-corrected chi connectivity index (χ2v) is 8.66. The van der Waals surface area contributed by atoms with E-state index >= 15 is 0 Å². The molecular formula is C24H27FN6O2. The van der Waals surface area contributed by atoms with Gasteiger partial charge in [-0.1, -0.05) is 0 Å². The Morgan fingerprint density at radius 1 is 1.12 bits per heavy atom. The first-order chi connectivity index (χ1) is 15.6. The molecule has 4 rings (SSSR count). The number of fused-ring (bicyclic) bond motifs is 1. The second kappa shape index (κ2) is 8.86. The fourth-order valence-corrected chi connectivity index (χ4v) is 3.66. The van der Waals surface area contributed by atoms with E-state index in [1.807, 2.05) is 31.4 Å². The first kappa shape index (κ1) is 22.8. The molecule has 0 spiro atoms. The summed E-state index contributed by atoms with van der Waals surface area (Å²) in [7, 11) is 3.43. The van der Waals surface area contributed by atoms with E-state index in [9.17, 15) is 14.6 Å². The third-order valence-electron chi connectivity index (χ3n) is 5.19. The predicted molar refractivity (Wildman–Crippen MR) is 125 cm³/mol. The van der Waals surface area contributed by atoms with Gasteiger partial charge in [-0.3, -0.25) is 15.0 Å². The van der Waals surface area contributed by atoms with Crippen LogP contribution >= 0.6 is 0 Å². The molecule has 2 aromatic heterocycles. The first-order valence-corrected chi connectivity index (χ1v) is 10.5. The average molecular weight is 451 g/mol. The lowest BCUT2D eigenvalue weighted by Crippen LogP contribution is -2.36. The lowest BCUT2D eigenvalue weighted by molar-refractivity contribution is 0.0898. The maximum atomic E-state index is 14.5. The van der Waals surface area contributed by atoms with Crippen LogP contribution in [0.1, 0.15) is 25.6 Å². The van der Waals surface area contributed by atoms with E-state index in [1.165, 1.54) is 12.1 Å². The topological polar surface area (TPSA) is 99.3 Å². The number of nitrogens with one attached hydrogen (secondary N) is 1. The molecule has 0 amide bonds. The van der Waals surface area contributed by atoms with Gasteiger partial charge in [0.2, 0.25) is 0 Å². The monoisotopic (exact) mass is 450 g/mol. The van der Waals surface area contributed by atoms with Crippen LogP contribution in [0.25, 0.3) is 22.3 Å². The molecule has 0 saturated heterocycles. The van der Waals surface area contributed by atoms with Crippen LogP contribution in [0.3, 0.4) is 0 Å². The quantitative estimate of drug-likeness (QED) is 0.372. The Balaban J connectivity index is 1.82. The average Bonchev–Trinajstić information content (AvgIpc) is 3.21. The van der Waals surface area contributed by atoms with Crippen molar-refractivity contribution in [2.45, 2.75) is 25.7 Å². The number of benzene rings is 2. The lowest BCUT2D eigenvalue weighted by Gasteiger charge is -2.31. The molecule has 2 aromatic carbocycles. The van der Waals surface area contributed by atoms with Crippen LogP contribution in [0, 0.1) is 5.82 Å². The summed E-state index contributed by atoms with van der Waals surface area (Å²) in [6, 6.07) is 9.89. The van der Waals surface area contributed by atoms with Gasteiger partial charge in [0.25, 0.3) is 0 Å². The molecule has 0 saturated carbocycles. The molecule has 9 heteroatoms. The first-order valence-electron chi connectivity index (χ1n) is 10.5. The number of hydrogen-bond acceptors (Lipinski definition) is 7. The Morgan fingerprint density at radius 2 is 1.91 bits per heavy atom. The Kier molecular flexibility index (Phi) is 6.11. The molecule has 0 bridgehead atoms. The standard InChI is InChI=1S/C24H27FN6O2/c1-24(2,33)14-31(19-8-15(23(32)26-3)7-17(25)9-19)18-5-6-20-21(10-18)29-22(12-27-20)16-11-28-30(4)13-16/h5-13,23,26,32-33H,14H2,1-4H3. The van der Waals surface area contributed by atoms with Crippen LogP contribution in [0.4, 0.5) is 15.8 Å². The number of hydrogen-bond donors (Lipinski definition) is 3. The van der Waals surface area contributed by atoms with Crippen LogP contribution in [0.2, 0.25) is 0 Å². The molecule has 8 nitrogen and oxygen atoms in total. The van der Waals surface area contributed by atoms with Gasteiger partial charge in [0.1, 0.15) is 12.0 Å². The van der Waals surface area contributed by atoms with E-state index in [0.717, 1.165) is 5.56 Å². The molecule has 2 heterocycles. The fraction of sp³-hybridized carbons (Fsp3) is 0.292. The number of anilines is 2. The summed E-state index contributed by atoms with van der Waals surface area (Å²) in [6.45, 7) is 3.56. The van der Waals surface area contributed by atoms with E-state index in [2.05, 4.69) is 15.4 Å². The second-order valence-electron chi connectivity index (χ2n) is 8.66. The SMILES string of the molecule is CNC(O)c1cc(F)cc(N(CC(C)(C)O)c2ccc3ncc(-c4cnn(C)c4)nc3c2)c1. The zero-order valence-corrected chi connectivity index (χ0v) is 19.0. The van der Waals surface area contributed by atoms with Gasteiger partial charge in [-0.2, -0.15) is 5.10 Å². The van der Waals surface area contributed by atoms with Crippen molar-refractivity contribution in [2.75, 3.05) is 18.5 Å². The molecule has 4 aromatic rings. The predicted octanol–water partition coefficient (Wildman–Crippen LogP) is 3.29. The molecule has 1 atom stereocenters. The number of aliphatic hydroxyl groups excluding tert-OH is 1. The Hall–Kier alpha value is -3.40. The lowest BCUT2D eigenvalue weighted by atomic mass is 10.1. The number of aliphatic hydroxyl groups is 2. The molecule has 3 N–H and O–H groups in total. The summed E-state index contributed by atoms with van der Waals surface area (Å²) < 4.78 is 16.2. The minimum atomic E-state index is -1.08. The van der Waals surface area contributed by atoms with Crippen molar-refractivity contribution in [3.05, 3.63) is 66.4 Å². The number of halogens is 1. The zero-order chi connectivity index (χ0) is 23.8. The number of nitrogens with zero attached hydrogens (tertiary/aromatic N) is 5. The molecule has 0 radical (unpaired) electrons. The van der Waals surface area contributed by atoms with Crippen LogP contribution < -0.4 is 10.2 Å². The van der Waals surface area contributed by atoms with Crippen molar-refractivity contribution >= 4 is 22.4 Å². The molecule has 0 aliphatic heterocycles. The van der Waals surface area contributed by atoms with E-state index in [-0.39, 0.29) is 6.54 Å². The largest absolute Gasteiger partial charge is 0.389 e. The third-order valence-corrected chi connectivity index (χ3v) is 5.19. The molecule has 0 fully saturated rings. The molecule has 0 aliphatic carbocycles. The van der Waals surface area contributed by atoms with Gasteiger partial charge >= 0.3 is 0 Å².